The minimum atomic E-state index is -0.805. The Morgan fingerprint density at radius 3 is 2.21 bits per heavy atom. The fraction of sp³-hybridized carbons (Fsp3) is 0.519. The number of carbonyl (C=O) groups excluding carboxylic acids is 1. The number of aromatic amines is 1. The van der Waals surface area contributed by atoms with Crippen LogP contribution in [0.15, 0.2) is 27.6 Å². The normalized spacial score (nSPS) is 16.1. The van der Waals surface area contributed by atoms with Gasteiger partial charge in [-0.25, -0.2) is 14.6 Å². The van der Waals surface area contributed by atoms with Gasteiger partial charge in [0.2, 0.25) is 0 Å². The minimum absolute atomic E-state index is 0.0111. The summed E-state index contributed by atoms with van der Waals surface area (Å²) < 4.78 is 28.5. The number of nitrogens with zero attached hydrogens (tertiary/aromatic N) is 4. The van der Waals surface area contributed by atoms with Crippen molar-refractivity contribution in [3.05, 3.63) is 50.4 Å². The molecule has 1 fully saturated rings. The molecule has 1 aliphatic rings. The lowest BCUT2D eigenvalue weighted by atomic mass is 9.77. The molecule has 12 nitrogen and oxygen atoms in total. The van der Waals surface area contributed by atoms with Crippen molar-refractivity contribution in [2.45, 2.75) is 91.6 Å². The van der Waals surface area contributed by atoms with E-state index < -0.39 is 35.8 Å². The minimum Gasteiger partial charge on any atom is -0.443 e. The highest BCUT2D eigenvalue weighted by Gasteiger charge is 2.52. The van der Waals surface area contributed by atoms with Crippen LogP contribution in [0.3, 0.4) is 0 Å². The van der Waals surface area contributed by atoms with Crippen LogP contribution >= 0.6 is 23.2 Å². The molecule has 0 aliphatic carbocycles. The maximum Gasteiger partial charge on any atom is 0.498 e. The number of amides is 1. The van der Waals surface area contributed by atoms with E-state index in [1.807, 2.05) is 41.5 Å². The monoisotopic (exact) mass is 621 g/mol. The quantitative estimate of drug-likeness (QED) is 0.330. The molecule has 0 unspecified atom stereocenters. The summed E-state index contributed by atoms with van der Waals surface area (Å²) >= 11 is 13.2. The number of carbonyl (C=O) groups is 1. The van der Waals surface area contributed by atoms with E-state index in [-0.39, 0.29) is 45.8 Å². The lowest BCUT2D eigenvalue weighted by molar-refractivity contribution is 0.00578. The first-order valence-electron chi connectivity index (χ1n) is 13.3. The Hall–Kier alpha value is -3.13. The highest BCUT2D eigenvalue weighted by molar-refractivity contribution is 6.62. The van der Waals surface area contributed by atoms with E-state index in [9.17, 15) is 9.59 Å². The third kappa shape index (κ3) is 6.91. The molecule has 0 saturated carbocycles. The maximum atomic E-state index is 13.1. The number of aromatic nitrogens is 4. The Labute approximate surface area is 254 Å². The second kappa shape index (κ2) is 11.5. The third-order valence-electron chi connectivity index (χ3n) is 6.77. The van der Waals surface area contributed by atoms with Crippen LogP contribution in [0.25, 0.3) is 0 Å². The zero-order valence-electron chi connectivity index (χ0n) is 25.0. The third-order valence-corrected chi connectivity index (χ3v) is 7.34. The van der Waals surface area contributed by atoms with Gasteiger partial charge < -0.3 is 18.8 Å². The van der Waals surface area contributed by atoms with Crippen LogP contribution in [0.5, 0.6) is 11.8 Å². The number of benzene rings is 1. The maximum absolute atomic E-state index is 13.1. The van der Waals surface area contributed by atoms with Gasteiger partial charge in [-0.2, -0.15) is 4.98 Å². The first-order chi connectivity index (χ1) is 19.4. The topological polar surface area (TPSA) is 142 Å². The highest BCUT2D eigenvalue weighted by Crippen LogP contribution is 2.40. The summed E-state index contributed by atoms with van der Waals surface area (Å²) in [6.07, 6.45) is 0.884. The number of hydrogen-bond acceptors (Lipinski definition) is 10. The summed E-state index contributed by atoms with van der Waals surface area (Å²) in [5.41, 5.74) is -0.223. The Morgan fingerprint density at radius 2 is 1.71 bits per heavy atom. The standard InChI is InChI=1S/C27H34BCl2N5O7/c1-14(2)20-16(28-41-26(6,7)27(8,9)42-28)12-31-22(33-20)38-21-17(29)10-15(11-18(21)30)35(24(37)39-25(3,4)5)13-19-32-23(36)40-34-19/h10-12,14H,13H2,1-9H3,(H,32,34,36). The fourth-order valence-electron chi connectivity index (χ4n) is 4.00. The fourth-order valence-corrected chi connectivity index (χ4v) is 4.55. The van der Waals surface area contributed by atoms with E-state index in [0.29, 0.717) is 11.2 Å². The smallest absolute Gasteiger partial charge is 0.443 e. The van der Waals surface area contributed by atoms with Crippen molar-refractivity contribution < 1.29 is 28.1 Å². The molecule has 4 rings (SSSR count). The van der Waals surface area contributed by atoms with Crippen LogP contribution in [0, 0.1) is 0 Å². The van der Waals surface area contributed by atoms with Crippen LogP contribution in [0.4, 0.5) is 10.5 Å². The molecule has 1 aromatic carbocycles. The number of H-pyrrole nitrogens is 1. The summed E-state index contributed by atoms with van der Waals surface area (Å²) in [7, 11) is -0.647. The number of nitrogens with one attached hydrogen (secondary N) is 1. The number of hydrogen-bond donors (Lipinski definition) is 1. The van der Waals surface area contributed by atoms with Gasteiger partial charge in [-0.1, -0.05) is 42.2 Å². The lowest BCUT2D eigenvalue weighted by Crippen LogP contribution is -2.41. The average Bonchev–Trinajstić information content (AvgIpc) is 3.36. The molecule has 2 aromatic heterocycles. The molecule has 0 atom stereocenters. The molecule has 3 heterocycles. The zero-order valence-corrected chi connectivity index (χ0v) is 26.5. The highest BCUT2D eigenvalue weighted by atomic mass is 35.5. The van der Waals surface area contributed by atoms with Gasteiger partial charge in [-0.3, -0.25) is 14.4 Å². The second-order valence-corrected chi connectivity index (χ2v) is 13.0. The molecule has 226 valence electrons. The van der Waals surface area contributed by atoms with Crippen LogP contribution in [0.1, 0.15) is 79.7 Å². The average molecular weight is 622 g/mol. The molecular formula is C27H34BCl2N5O7. The van der Waals surface area contributed by atoms with Gasteiger partial charge in [0.1, 0.15) is 5.60 Å². The van der Waals surface area contributed by atoms with Crippen LogP contribution in [-0.4, -0.2) is 50.1 Å². The van der Waals surface area contributed by atoms with Crippen molar-refractivity contribution in [3.63, 3.8) is 0 Å². The largest absolute Gasteiger partial charge is 0.498 e. The predicted molar refractivity (Wildman–Crippen MR) is 158 cm³/mol. The van der Waals surface area contributed by atoms with E-state index in [1.165, 1.54) is 17.0 Å². The summed E-state index contributed by atoms with van der Waals surface area (Å²) in [5, 5.41) is 3.78. The molecule has 15 heteroatoms. The van der Waals surface area contributed by atoms with Gasteiger partial charge in [0, 0.05) is 17.4 Å². The van der Waals surface area contributed by atoms with Gasteiger partial charge in [-0.15, -0.1) is 0 Å². The number of ether oxygens (including phenoxy) is 2. The Morgan fingerprint density at radius 1 is 1.12 bits per heavy atom. The Balaban J connectivity index is 1.64. The van der Waals surface area contributed by atoms with Crippen molar-refractivity contribution >= 4 is 47.6 Å². The van der Waals surface area contributed by atoms with Gasteiger partial charge in [0.15, 0.2) is 11.6 Å². The van der Waals surface area contributed by atoms with Crippen molar-refractivity contribution in [2.24, 2.45) is 0 Å². The van der Waals surface area contributed by atoms with Crippen LogP contribution in [0.2, 0.25) is 10.0 Å². The summed E-state index contributed by atoms with van der Waals surface area (Å²) in [4.78, 5) is 37.1. The van der Waals surface area contributed by atoms with E-state index in [0.717, 1.165) is 0 Å². The number of anilines is 1. The Bertz CT molecular complexity index is 1490. The summed E-state index contributed by atoms with van der Waals surface area (Å²) in [5.74, 6) is -0.600. The van der Waals surface area contributed by atoms with Crippen molar-refractivity contribution in [3.8, 4) is 11.8 Å². The molecule has 1 aliphatic heterocycles. The zero-order chi connectivity index (χ0) is 31.2. The van der Waals surface area contributed by atoms with E-state index >= 15 is 0 Å². The molecule has 0 radical (unpaired) electrons. The van der Waals surface area contributed by atoms with E-state index in [2.05, 4.69) is 24.6 Å². The van der Waals surface area contributed by atoms with Crippen LogP contribution in [-0.2, 0) is 20.6 Å². The molecule has 1 N–H and O–H groups in total. The van der Waals surface area contributed by atoms with Gasteiger partial charge in [-0.05, 0) is 66.5 Å². The van der Waals surface area contributed by atoms with Crippen molar-refractivity contribution in [1.82, 2.24) is 20.1 Å². The number of halogens is 2. The predicted octanol–water partition coefficient (Wildman–Crippen LogP) is 5.62. The molecular weight excluding hydrogens is 588 g/mol. The lowest BCUT2D eigenvalue weighted by Gasteiger charge is -2.32. The molecule has 1 saturated heterocycles. The van der Waals surface area contributed by atoms with Gasteiger partial charge in [0.05, 0.1) is 33.5 Å². The van der Waals surface area contributed by atoms with E-state index in [4.69, 9.17) is 42.0 Å². The molecule has 0 bridgehead atoms. The van der Waals surface area contributed by atoms with Crippen LogP contribution < -0.4 is 20.9 Å². The Kier molecular flexibility index (Phi) is 8.72. The first kappa shape index (κ1) is 31.8. The number of rotatable bonds is 7. The first-order valence-corrected chi connectivity index (χ1v) is 14.1. The molecule has 1 amide bonds. The molecule has 42 heavy (non-hydrogen) atoms. The molecule has 3 aromatic rings. The SMILES string of the molecule is CC(C)c1nc(Oc2c(Cl)cc(N(Cc3noc(=O)[nH]3)C(=O)OC(C)(C)C)cc2Cl)ncc1B1OC(C)(C)C(C)(C)O1. The summed E-state index contributed by atoms with van der Waals surface area (Å²) in [6.45, 7) is 16.9. The van der Waals surface area contributed by atoms with Gasteiger partial charge >= 0.3 is 25.0 Å². The van der Waals surface area contributed by atoms with E-state index in [1.54, 1.807) is 27.0 Å². The van der Waals surface area contributed by atoms with Gasteiger partial charge in [0.25, 0.3) is 0 Å². The van der Waals surface area contributed by atoms with Crippen molar-refractivity contribution in [1.29, 1.82) is 0 Å². The summed E-state index contributed by atoms with van der Waals surface area (Å²) in [6, 6.07) is 2.94. The molecule has 0 spiro atoms. The van der Waals surface area contributed by atoms with Crippen molar-refractivity contribution in [2.75, 3.05) is 4.90 Å². The second-order valence-electron chi connectivity index (χ2n) is 12.2.